The minimum Gasteiger partial charge on any atom is -0.440 e. The molecule has 3 rings (SSSR count). The van der Waals surface area contributed by atoms with E-state index in [4.69, 9.17) is 27.6 Å². The third kappa shape index (κ3) is 1.67. The maximum Gasteiger partial charge on any atom is 0.192 e. The smallest absolute Gasteiger partial charge is 0.192 e. The molecule has 1 N–H and O–H groups in total. The van der Waals surface area contributed by atoms with Crippen molar-refractivity contribution in [2.75, 3.05) is 0 Å². The van der Waals surface area contributed by atoms with Crippen LogP contribution < -0.4 is 0 Å². The average Bonchev–Trinajstić information content (AvgIpc) is 2.85. The van der Waals surface area contributed by atoms with Crippen LogP contribution in [-0.4, -0.2) is 19.9 Å². The van der Waals surface area contributed by atoms with Gasteiger partial charge in [-0.15, -0.1) is 0 Å². The van der Waals surface area contributed by atoms with Gasteiger partial charge in [0.1, 0.15) is 5.15 Å². The first-order chi connectivity index (χ1) is 8.15. The number of nitrogens with one attached hydrogen (secondary N) is 1. The Morgan fingerprint density at radius 1 is 1.29 bits per heavy atom. The van der Waals surface area contributed by atoms with E-state index < -0.39 is 0 Å². The number of pyridine rings is 1. The van der Waals surface area contributed by atoms with Crippen LogP contribution in [0.2, 0.25) is 10.2 Å². The number of H-pyrrole nitrogens is 1. The van der Waals surface area contributed by atoms with E-state index in [-0.39, 0.29) is 5.15 Å². The summed E-state index contributed by atoms with van der Waals surface area (Å²) >= 11 is 11.7. The molecule has 0 spiro atoms. The first-order valence-corrected chi connectivity index (χ1v) is 5.53. The van der Waals surface area contributed by atoms with Gasteiger partial charge in [0.15, 0.2) is 23.6 Å². The van der Waals surface area contributed by atoms with Crippen molar-refractivity contribution in [3.8, 4) is 11.6 Å². The highest BCUT2D eigenvalue weighted by Crippen LogP contribution is 2.26. The van der Waals surface area contributed by atoms with Crippen LogP contribution in [0.4, 0.5) is 0 Å². The standard InChI is InChI=1S/C10H6Cl2N4O/c1-4-7(17-3-13-4)10-14-6-2-5(11)8(12)15-9(6)16-10/h2-3H,1H3,(H,14,15,16). The summed E-state index contributed by atoms with van der Waals surface area (Å²) in [5.74, 6) is 1.14. The molecule has 0 aliphatic rings. The molecule has 0 aromatic carbocycles. The van der Waals surface area contributed by atoms with Crippen LogP contribution >= 0.6 is 23.2 Å². The largest absolute Gasteiger partial charge is 0.440 e. The molecule has 3 heterocycles. The van der Waals surface area contributed by atoms with E-state index in [2.05, 4.69) is 19.9 Å². The Bertz CT molecular complexity index is 664. The Morgan fingerprint density at radius 2 is 2.12 bits per heavy atom. The number of imidazole rings is 1. The molecule has 3 aromatic rings. The molecule has 0 saturated heterocycles. The van der Waals surface area contributed by atoms with Crippen molar-refractivity contribution in [2.24, 2.45) is 0 Å². The molecule has 3 aromatic heterocycles. The number of aromatic nitrogens is 4. The van der Waals surface area contributed by atoms with Crippen molar-refractivity contribution in [3.63, 3.8) is 0 Å². The molecule has 0 aliphatic carbocycles. The molecule has 0 fully saturated rings. The fraction of sp³-hybridized carbons (Fsp3) is 0.100. The molecule has 0 amide bonds. The minimum absolute atomic E-state index is 0.228. The summed E-state index contributed by atoms with van der Waals surface area (Å²) in [4.78, 5) is 15.4. The van der Waals surface area contributed by atoms with Gasteiger partial charge >= 0.3 is 0 Å². The summed E-state index contributed by atoms with van der Waals surface area (Å²) in [6.07, 6.45) is 1.37. The number of aromatic amines is 1. The van der Waals surface area contributed by atoms with Gasteiger partial charge in [-0.3, -0.25) is 0 Å². The molecule has 5 nitrogen and oxygen atoms in total. The predicted molar refractivity (Wildman–Crippen MR) is 64.1 cm³/mol. The normalized spacial score (nSPS) is 11.2. The summed E-state index contributed by atoms with van der Waals surface area (Å²) in [6.45, 7) is 1.83. The van der Waals surface area contributed by atoms with Crippen LogP contribution in [0.3, 0.4) is 0 Å². The predicted octanol–water partition coefficient (Wildman–Crippen LogP) is 3.23. The molecule has 0 saturated carbocycles. The molecule has 0 bridgehead atoms. The monoisotopic (exact) mass is 268 g/mol. The molecule has 0 unspecified atom stereocenters. The van der Waals surface area contributed by atoms with Gasteiger partial charge in [0, 0.05) is 0 Å². The molecule has 7 heteroatoms. The van der Waals surface area contributed by atoms with Crippen molar-refractivity contribution in [1.82, 2.24) is 19.9 Å². The Morgan fingerprint density at radius 3 is 2.82 bits per heavy atom. The second-order valence-corrected chi connectivity index (χ2v) is 4.25. The van der Waals surface area contributed by atoms with Crippen molar-refractivity contribution in [2.45, 2.75) is 6.92 Å². The number of rotatable bonds is 1. The van der Waals surface area contributed by atoms with Crippen molar-refractivity contribution < 1.29 is 4.42 Å². The second-order valence-electron chi connectivity index (χ2n) is 3.48. The highest BCUT2D eigenvalue weighted by atomic mass is 35.5. The number of aryl methyl sites for hydroxylation is 1. The van der Waals surface area contributed by atoms with Crippen LogP contribution in [0.15, 0.2) is 16.9 Å². The number of oxazole rings is 1. The van der Waals surface area contributed by atoms with E-state index in [0.29, 0.717) is 27.8 Å². The van der Waals surface area contributed by atoms with Gasteiger partial charge in [-0.05, 0) is 13.0 Å². The van der Waals surface area contributed by atoms with Gasteiger partial charge in [-0.2, -0.15) is 0 Å². The summed E-state index contributed by atoms with van der Waals surface area (Å²) in [5.41, 5.74) is 1.94. The van der Waals surface area contributed by atoms with Crippen LogP contribution in [0, 0.1) is 6.92 Å². The Labute approximate surface area is 106 Å². The van der Waals surface area contributed by atoms with Crippen LogP contribution in [0.1, 0.15) is 5.69 Å². The van der Waals surface area contributed by atoms with Crippen molar-refractivity contribution >= 4 is 34.4 Å². The second kappa shape index (κ2) is 3.72. The number of halogens is 2. The average molecular weight is 269 g/mol. The van der Waals surface area contributed by atoms with Crippen LogP contribution in [0.5, 0.6) is 0 Å². The number of fused-ring (bicyclic) bond motifs is 1. The van der Waals surface area contributed by atoms with Crippen LogP contribution in [0.25, 0.3) is 22.7 Å². The van der Waals surface area contributed by atoms with Crippen molar-refractivity contribution in [1.29, 1.82) is 0 Å². The highest BCUT2D eigenvalue weighted by molar-refractivity contribution is 6.41. The summed E-state index contributed by atoms with van der Waals surface area (Å²) in [7, 11) is 0. The Balaban J connectivity index is 2.24. The maximum atomic E-state index is 5.88. The minimum atomic E-state index is 0.228. The van der Waals surface area contributed by atoms with E-state index in [9.17, 15) is 0 Å². The summed E-state index contributed by atoms with van der Waals surface area (Å²) in [6, 6.07) is 1.68. The molecule has 86 valence electrons. The lowest BCUT2D eigenvalue weighted by Gasteiger charge is -1.92. The zero-order valence-electron chi connectivity index (χ0n) is 8.66. The Kier molecular flexibility index (Phi) is 2.31. The molecule has 0 atom stereocenters. The molecule has 0 aliphatic heterocycles. The lowest BCUT2D eigenvalue weighted by molar-refractivity contribution is 0.567. The lowest BCUT2D eigenvalue weighted by atomic mass is 10.3. The van der Waals surface area contributed by atoms with Crippen molar-refractivity contribution in [3.05, 3.63) is 28.3 Å². The maximum absolute atomic E-state index is 5.88. The first kappa shape index (κ1) is 10.6. The fourth-order valence-corrected chi connectivity index (χ4v) is 1.82. The van der Waals surface area contributed by atoms with Gasteiger partial charge in [-0.1, -0.05) is 23.2 Å². The summed E-state index contributed by atoms with van der Waals surface area (Å²) in [5, 5.41) is 0.607. The summed E-state index contributed by atoms with van der Waals surface area (Å²) < 4.78 is 5.24. The SMILES string of the molecule is Cc1ncoc1-c1nc2nc(Cl)c(Cl)cc2[nH]1. The van der Waals surface area contributed by atoms with E-state index in [0.717, 1.165) is 5.69 Å². The fourth-order valence-electron chi connectivity index (χ4n) is 1.53. The van der Waals surface area contributed by atoms with E-state index in [1.54, 1.807) is 6.07 Å². The molecular formula is C10H6Cl2N4O. The zero-order chi connectivity index (χ0) is 12.0. The highest BCUT2D eigenvalue weighted by Gasteiger charge is 2.13. The van der Waals surface area contributed by atoms with Gasteiger partial charge in [0.25, 0.3) is 0 Å². The van der Waals surface area contributed by atoms with E-state index in [1.807, 2.05) is 6.92 Å². The number of hydrogen-bond acceptors (Lipinski definition) is 4. The number of hydrogen-bond donors (Lipinski definition) is 1. The molecule has 17 heavy (non-hydrogen) atoms. The lowest BCUT2D eigenvalue weighted by Crippen LogP contribution is -1.81. The number of nitrogens with zero attached hydrogens (tertiary/aromatic N) is 3. The molecular weight excluding hydrogens is 263 g/mol. The van der Waals surface area contributed by atoms with Gasteiger partial charge in [-0.25, -0.2) is 15.0 Å². The Hall–Kier alpha value is -1.59. The first-order valence-electron chi connectivity index (χ1n) is 4.77. The van der Waals surface area contributed by atoms with Crippen LogP contribution in [-0.2, 0) is 0 Å². The molecule has 0 radical (unpaired) electrons. The third-order valence-electron chi connectivity index (χ3n) is 2.34. The topological polar surface area (TPSA) is 67.6 Å². The van der Waals surface area contributed by atoms with E-state index >= 15 is 0 Å². The van der Waals surface area contributed by atoms with Gasteiger partial charge < -0.3 is 9.40 Å². The third-order valence-corrected chi connectivity index (χ3v) is 3.02. The van der Waals surface area contributed by atoms with Gasteiger partial charge in [0.05, 0.1) is 16.2 Å². The van der Waals surface area contributed by atoms with E-state index in [1.165, 1.54) is 6.39 Å². The zero-order valence-corrected chi connectivity index (χ0v) is 10.2. The quantitative estimate of drug-likeness (QED) is 0.688. The van der Waals surface area contributed by atoms with Gasteiger partial charge in [0.2, 0.25) is 0 Å².